The van der Waals surface area contributed by atoms with Crippen molar-refractivity contribution in [2.45, 2.75) is 60.0 Å². The summed E-state index contributed by atoms with van der Waals surface area (Å²) in [4.78, 5) is 13.3. The largest absolute Gasteiger partial charge is 0.300 e. The van der Waals surface area contributed by atoms with Crippen molar-refractivity contribution in [3.05, 3.63) is 0 Å². The van der Waals surface area contributed by atoms with Crippen LogP contribution in [0.3, 0.4) is 0 Å². The molecule has 0 aliphatic carbocycles. The number of carbonyl (C=O) groups excluding carboxylic acids is 1. The van der Waals surface area contributed by atoms with E-state index >= 15 is 0 Å². The molecule has 0 aliphatic rings. The first-order valence-corrected chi connectivity index (χ1v) is 5.37. The molecule has 0 saturated carbocycles. The number of ketones is 1. The molecule has 0 N–H and O–H groups in total. The summed E-state index contributed by atoms with van der Waals surface area (Å²) < 4.78 is 0. The van der Waals surface area contributed by atoms with Gasteiger partial charge in [-0.05, 0) is 33.2 Å². The maximum atomic E-state index is 11.0. The molecule has 2 unspecified atom stereocenters. The van der Waals surface area contributed by atoms with Gasteiger partial charge in [0.15, 0.2) is 0 Å². The molecule has 0 bridgehead atoms. The zero-order chi connectivity index (χ0) is 11.5. The Labute approximate surface area is 88.7 Å². The molecule has 0 saturated heterocycles. The van der Waals surface area contributed by atoms with E-state index in [1.54, 1.807) is 6.92 Å². The minimum atomic E-state index is 0.264. The van der Waals surface area contributed by atoms with Crippen LogP contribution < -0.4 is 0 Å². The number of hydrogen-bond donors (Lipinski definition) is 0. The lowest BCUT2D eigenvalue weighted by Crippen LogP contribution is -2.44. The zero-order valence-electron chi connectivity index (χ0n) is 10.7. The molecule has 14 heavy (non-hydrogen) atoms. The Balaban J connectivity index is 4.31. The highest BCUT2D eigenvalue weighted by molar-refractivity contribution is 5.76. The maximum Gasteiger partial charge on any atom is 0.131 e. The lowest BCUT2D eigenvalue weighted by atomic mass is 9.86. The Hall–Kier alpha value is -0.370. The Kier molecular flexibility index (Phi) is 4.79. The van der Waals surface area contributed by atoms with Gasteiger partial charge in [-0.15, -0.1) is 0 Å². The van der Waals surface area contributed by atoms with Gasteiger partial charge in [0.2, 0.25) is 0 Å². The van der Waals surface area contributed by atoms with E-state index in [-0.39, 0.29) is 11.2 Å². The van der Waals surface area contributed by atoms with Crippen molar-refractivity contribution >= 4 is 5.78 Å². The predicted molar refractivity (Wildman–Crippen MR) is 61.4 cm³/mol. The maximum absolute atomic E-state index is 11.0. The SMILES string of the molecule is CC(=O)CC(C)N(C)C(C)C(C)(C)C. The van der Waals surface area contributed by atoms with Crippen molar-refractivity contribution in [2.75, 3.05) is 7.05 Å². The Morgan fingerprint density at radius 3 is 2.00 bits per heavy atom. The second kappa shape index (κ2) is 4.92. The topological polar surface area (TPSA) is 20.3 Å². The smallest absolute Gasteiger partial charge is 0.131 e. The van der Waals surface area contributed by atoms with Crippen molar-refractivity contribution in [1.29, 1.82) is 0 Å². The Morgan fingerprint density at radius 1 is 1.29 bits per heavy atom. The van der Waals surface area contributed by atoms with Gasteiger partial charge in [-0.1, -0.05) is 20.8 Å². The standard InChI is InChI=1S/C12H25NO/c1-9(8-10(2)14)13(7)11(3)12(4,5)6/h9,11H,8H2,1-7H3. The first-order chi connectivity index (χ1) is 6.16. The van der Waals surface area contributed by atoms with E-state index in [1.807, 2.05) is 0 Å². The van der Waals surface area contributed by atoms with E-state index in [0.717, 1.165) is 0 Å². The molecule has 0 spiro atoms. The van der Waals surface area contributed by atoms with E-state index in [2.05, 4.69) is 46.6 Å². The van der Waals surface area contributed by atoms with Crippen LogP contribution in [0.25, 0.3) is 0 Å². The first-order valence-electron chi connectivity index (χ1n) is 5.37. The molecule has 84 valence electrons. The van der Waals surface area contributed by atoms with E-state index in [1.165, 1.54) is 0 Å². The van der Waals surface area contributed by atoms with Crippen LogP contribution in [0.5, 0.6) is 0 Å². The van der Waals surface area contributed by atoms with Crippen molar-refractivity contribution in [3.8, 4) is 0 Å². The van der Waals surface area contributed by atoms with Gasteiger partial charge in [-0.2, -0.15) is 0 Å². The van der Waals surface area contributed by atoms with Crippen LogP contribution in [0.2, 0.25) is 0 Å². The van der Waals surface area contributed by atoms with Crippen LogP contribution in [0, 0.1) is 5.41 Å². The third-order valence-corrected chi connectivity index (χ3v) is 3.14. The molecule has 2 nitrogen and oxygen atoms in total. The van der Waals surface area contributed by atoms with Gasteiger partial charge in [0.05, 0.1) is 0 Å². The van der Waals surface area contributed by atoms with E-state index in [4.69, 9.17) is 0 Å². The Bertz CT molecular complexity index is 193. The fourth-order valence-electron chi connectivity index (χ4n) is 1.55. The molecule has 0 radical (unpaired) electrons. The first kappa shape index (κ1) is 13.6. The van der Waals surface area contributed by atoms with Crippen molar-refractivity contribution in [3.63, 3.8) is 0 Å². The molecular weight excluding hydrogens is 174 g/mol. The van der Waals surface area contributed by atoms with Crippen molar-refractivity contribution in [2.24, 2.45) is 5.41 Å². The van der Waals surface area contributed by atoms with E-state index < -0.39 is 0 Å². The summed E-state index contributed by atoms with van der Waals surface area (Å²) in [6.45, 7) is 12.7. The lowest BCUT2D eigenvalue weighted by molar-refractivity contribution is -0.118. The van der Waals surface area contributed by atoms with Crippen LogP contribution in [0.1, 0.15) is 48.0 Å². The third-order valence-electron chi connectivity index (χ3n) is 3.14. The van der Waals surface area contributed by atoms with E-state index in [0.29, 0.717) is 18.5 Å². The van der Waals surface area contributed by atoms with Gasteiger partial charge in [0, 0.05) is 18.5 Å². The molecule has 2 atom stereocenters. The summed E-state index contributed by atoms with van der Waals surface area (Å²) in [6.07, 6.45) is 0.650. The third kappa shape index (κ3) is 4.23. The minimum absolute atomic E-state index is 0.264. The minimum Gasteiger partial charge on any atom is -0.300 e. The molecule has 0 amide bonds. The summed E-state index contributed by atoms with van der Waals surface area (Å²) in [7, 11) is 2.10. The molecule has 0 aromatic carbocycles. The number of rotatable bonds is 4. The summed E-state index contributed by atoms with van der Waals surface area (Å²) >= 11 is 0. The number of nitrogens with zero attached hydrogens (tertiary/aromatic N) is 1. The lowest BCUT2D eigenvalue weighted by Gasteiger charge is -2.38. The number of hydrogen-bond acceptors (Lipinski definition) is 2. The molecule has 2 heteroatoms. The van der Waals surface area contributed by atoms with Gasteiger partial charge in [-0.25, -0.2) is 0 Å². The monoisotopic (exact) mass is 199 g/mol. The number of carbonyl (C=O) groups is 1. The molecule has 0 heterocycles. The summed E-state index contributed by atoms with van der Waals surface area (Å²) in [5.74, 6) is 0.269. The molecule has 0 aromatic heterocycles. The highest BCUT2D eigenvalue weighted by atomic mass is 16.1. The van der Waals surface area contributed by atoms with Gasteiger partial charge in [0.25, 0.3) is 0 Å². The average molecular weight is 199 g/mol. The second-order valence-corrected chi connectivity index (χ2v) is 5.46. The highest BCUT2D eigenvalue weighted by Gasteiger charge is 2.26. The average Bonchev–Trinajstić information content (AvgIpc) is 1.98. The van der Waals surface area contributed by atoms with Crippen LogP contribution in [0.15, 0.2) is 0 Å². The number of Topliss-reactive ketones (excluding diaryl/α,β-unsaturated/α-hetero) is 1. The Morgan fingerprint density at radius 2 is 1.71 bits per heavy atom. The zero-order valence-corrected chi connectivity index (χ0v) is 10.7. The molecule has 0 rings (SSSR count). The van der Waals surface area contributed by atoms with Gasteiger partial charge >= 0.3 is 0 Å². The molecular formula is C12H25NO. The van der Waals surface area contributed by atoms with Crippen molar-refractivity contribution in [1.82, 2.24) is 4.90 Å². The second-order valence-electron chi connectivity index (χ2n) is 5.46. The summed E-state index contributed by atoms with van der Waals surface area (Å²) in [5, 5.41) is 0. The van der Waals surface area contributed by atoms with Crippen LogP contribution in [0.4, 0.5) is 0 Å². The van der Waals surface area contributed by atoms with Gasteiger partial charge in [0.1, 0.15) is 5.78 Å². The van der Waals surface area contributed by atoms with Crippen LogP contribution >= 0.6 is 0 Å². The highest BCUT2D eigenvalue weighted by Crippen LogP contribution is 2.24. The molecule has 0 aromatic rings. The summed E-state index contributed by atoms with van der Waals surface area (Å²) in [5.41, 5.74) is 0.264. The summed E-state index contributed by atoms with van der Waals surface area (Å²) in [6, 6.07) is 0.818. The molecule has 0 aliphatic heterocycles. The normalized spacial score (nSPS) is 16.9. The van der Waals surface area contributed by atoms with E-state index in [9.17, 15) is 4.79 Å². The van der Waals surface area contributed by atoms with Crippen LogP contribution in [-0.4, -0.2) is 29.8 Å². The quantitative estimate of drug-likeness (QED) is 0.694. The fourth-order valence-corrected chi connectivity index (χ4v) is 1.55. The predicted octanol–water partition coefficient (Wildman–Crippen LogP) is 2.72. The van der Waals surface area contributed by atoms with Gasteiger partial charge < -0.3 is 4.90 Å². The fraction of sp³-hybridized carbons (Fsp3) is 0.917. The molecule has 0 fully saturated rings. The van der Waals surface area contributed by atoms with Crippen molar-refractivity contribution < 1.29 is 4.79 Å². The van der Waals surface area contributed by atoms with Crippen LogP contribution in [-0.2, 0) is 4.79 Å². The van der Waals surface area contributed by atoms with Gasteiger partial charge in [-0.3, -0.25) is 4.79 Å².